The number of rotatable bonds is 3. The summed E-state index contributed by atoms with van der Waals surface area (Å²) in [7, 11) is 0. The number of amides is 1. The van der Waals surface area contributed by atoms with Crippen LogP contribution in [0.15, 0.2) is 36.4 Å². The molecule has 0 aromatic heterocycles. The summed E-state index contributed by atoms with van der Waals surface area (Å²) in [5.41, 5.74) is 7.29. The zero-order valence-electron chi connectivity index (χ0n) is 11.2. The van der Waals surface area contributed by atoms with Gasteiger partial charge in [-0.1, -0.05) is 46.9 Å². The molecular weight excluding hydrogens is 331 g/mol. The van der Waals surface area contributed by atoms with Gasteiger partial charge in [0.25, 0.3) is 5.91 Å². The van der Waals surface area contributed by atoms with Gasteiger partial charge in [-0.05, 0) is 36.8 Å². The van der Waals surface area contributed by atoms with Crippen molar-refractivity contribution in [1.82, 2.24) is 5.32 Å². The molecule has 110 valence electrons. The SMILES string of the molecule is CC(NC(=O)c1cc(N)c(Cl)c(Cl)c1)c1ccc(Cl)cc1. The van der Waals surface area contributed by atoms with E-state index in [1.165, 1.54) is 12.1 Å². The number of nitrogens with one attached hydrogen (secondary N) is 1. The Kier molecular flexibility index (Phi) is 4.99. The predicted octanol–water partition coefficient (Wildman–Crippen LogP) is 4.72. The third kappa shape index (κ3) is 3.82. The molecule has 2 rings (SSSR count). The number of nitrogens with two attached hydrogens (primary N) is 1. The summed E-state index contributed by atoms with van der Waals surface area (Å²) < 4.78 is 0. The lowest BCUT2D eigenvalue weighted by atomic mass is 10.1. The molecule has 3 N–H and O–H groups in total. The molecule has 1 atom stereocenters. The number of hydrogen-bond donors (Lipinski definition) is 2. The number of benzene rings is 2. The number of anilines is 1. The van der Waals surface area contributed by atoms with Crippen molar-refractivity contribution in [2.75, 3.05) is 5.73 Å². The van der Waals surface area contributed by atoms with E-state index in [1.54, 1.807) is 12.1 Å². The second kappa shape index (κ2) is 6.56. The highest BCUT2D eigenvalue weighted by Gasteiger charge is 2.14. The van der Waals surface area contributed by atoms with E-state index in [-0.39, 0.29) is 27.7 Å². The van der Waals surface area contributed by atoms with E-state index < -0.39 is 0 Å². The maximum atomic E-state index is 12.2. The largest absolute Gasteiger partial charge is 0.397 e. The highest BCUT2D eigenvalue weighted by Crippen LogP contribution is 2.29. The van der Waals surface area contributed by atoms with Gasteiger partial charge in [0.05, 0.1) is 21.8 Å². The fourth-order valence-corrected chi connectivity index (χ4v) is 2.32. The van der Waals surface area contributed by atoms with Crippen LogP contribution in [-0.4, -0.2) is 5.91 Å². The van der Waals surface area contributed by atoms with E-state index in [4.69, 9.17) is 40.5 Å². The Balaban J connectivity index is 2.16. The zero-order chi connectivity index (χ0) is 15.6. The van der Waals surface area contributed by atoms with E-state index in [1.807, 2.05) is 19.1 Å². The Hall–Kier alpha value is -1.42. The molecule has 1 amide bonds. The van der Waals surface area contributed by atoms with Crippen LogP contribution in [0, 0.1) is 0 Å². The lowest BCUT2D eigenvalue weighted by Gasteiger charge is -2.15. The predicted molar refractivity (Wildman–Crippen MR) is 88.2 cm³/mol. The van der Waals surface area contributed by atoms with Crippen LogP contribution in [0.3, 0.4) is 0 Å². The van der Waals surface area contributed by atoms with Crippen LogP contribution in [0.25, 0.3) is 0 Å². The van der Waals surface area contributed by atoms with Gasteiger partial charge in [0.1, 0.15) is 0 Å². The van der Waals surface area contributed by atoms with Gasteiger partial charge in [0.15, 0.2) is 0 Å². The van der Waals surface area contributed by atoms with Gasteiger partial charge in [-0.25, -0.2) is 0 Å². The average Bonchev–Trinajstić information content (AvgIpc) is 2.44. The Bertz CT molecular complexity index is 648. The first-order chi connectivity index (χ1) is 9.88. The molecule has 0 saturated carbocycles. The Morgan fingerprint density at radius 1 is 1.14 bits per heavy atom. The summed E-state index contributed by atoms with van der Waals surface area (Å²) >= 11 is 17.6. The molecule has 2 aromatic rings. The molecule has 0 bridgehead atoms. The van der Waals surface area contributed by atoms with Gasteiger partial charge < -0.3 is 11.1 Å². The quantitative estimate of drug-likeness (QED) is 0.792. The van der Waals surface area contributed by atoms with Crippen molar-refractivity contribution in [1.29, 1.82) is 0 Å². The second-order valence-corrected chi connectivity index (χ2v) is 5.83. The summed E-state index contributed by atoms with van der Waals surface area (Å²) in [4.78, 5) is 12.2. The molecule has 0 radical (unpaired) electrons. The van der Waals surface area contributed by atoms with Gasteiger partial charge in [-0.15, -0.1) is 0 Å². The minimum absolute atomic E-state index is 0.176. The molecule has 0 aliphatic carbocycles. The third-order valence-corrected chi connectivity index (χ3v) is 4.10. The molecule has 2 aromatic carbocycles. The van der Waals surface area contributed by atoms with E-state index in [0.717, 1.165) is 5.56 Å². The number of nitrogen functional groups attached to an aromatic ring is 1. The fraction of sp³-hybridized carbons (Fsp3) is 0.133. The topological polar surface area (TPSA) is 55.1 Å². The molecular formula is C15H13Cl3N2O. The first-order valence-corrected chi connectivity index (χ1v) is 7.32. The lowest BCUT2D eigenvalue weighted by Crippen LogP contribution is -2.26. The highest BCUT2D eigenvalue weighted by atomic mass is 35.5. The first-order valence-electron chi connectivity index (χ1n) is 6.19. The van der Waals surface area contributed by atoms with Crippen LogP contribution in [-0.2, 0) is 0 Å². The van der Waals surface area contributed by atoms with E-state index in [2.05, 4.69) is 5.32 Å². The summed E-state index contributed by atoms with van der Waals surface area (Å²) in [5, 5.41) is 4.01. The van der Waals surface area contributed by atoms with Crippen molar-refractivity contribution in [3.05, 3.63) is 62.6 Å². The van der Waals surface area contributed by atoms with Gasteiger partial charge in [0.2, 0.25) is 0 Å². The maximum Gasteiger partial charge on any atom is 0.251 e. The maximum absolute atomic E-state index is 12.2. The third-order valence-electron chi connectivity index (χ3n) is 3.04. The highest BCUT2D eigenvalue weighted by molar-refractivity contribution is 6.43. The summed E-state index contributed by atoms with van der Waals surface area (Å²) in [5.74, 6) is -0.275. The molecule has 3 nitrogen and oxygen atoms in total. The van der Waals surface area contributed by atoms with Crippen molar-refractivity contribution in [2.45, 2.75) is 13.0 Å². The van der Waals surface area contributed by atoms with Crippen molar-refractivity contribution >= 4 is 46.4 Å². The van der Waals surface area contributed by atoms with Crippen LogP contribution in [0.4, 0.5) is 5.69 Å². The standard InChI is InChI=1S/C15H13Cl3N2O/c1-8(9-2-4-11(16)5-3-9)20-15(21)10-6-12(17)14(18)13(19)7-10/h2-8H,19H2,1H3,(H,20,21). The molecule has 0 spiro atoms. The Labute approximate surface area is 138 Å². The van der Waals surface area contributed by atoms with E-state index in [9.17, 15) is 4.79 Å². The van der Waals surface area contributed by atoms with E-state index in [0.29, 0.717) is 10.6 Å². The zero-order valence-corrected chi connectivity index (χ0v) is 13.4. The van der Waals surface area contributed by atoms with Gasteiger partial charge in [-0.2, -0.15) is 0 Å². The van der Waals surface area contributed by atoms with Crippen molar-refractivity contribution in [2.24, 2.45) is 0 Å². The summed E-state index contributed by atoms with van der Waals surface area (Å²) in [6.07, 6.45) is 0. The summed E-state index contributed by atoms with van der Waals surface area (Å²) in [6, 6.07) is 10.1. The molecule has 0 heterocycles. The van der Waals surface area contributed by atoms with Crippen LogP contribution < -0.4 is 11.1 Å². The fourth-order valence-electron chi connectivity index (χ4n) is 1.86. The van der Waals surface area contributed by atoms with Crippen LogP contribution in [0.5, 0.6) is 0 Å². The number of hydrogen-bond acceptors (Lipinski definition) is 2. The first kappa shape index (κ1) is 16.0. The van der Waals surface area contributed by atoms with Crippen molar-refractivity contribution in [3.63, 3.8) is 0 Å². The van der Waals surface area contributed by atoms with Gasteiger partial charge in [0, 0.05) is 10.6 Å². The molecule has 6 heteroatoms. The van der Waals surface area contributed by atoms with Gasteiger partial charge in [-0.3, -0.25) is 4.79 Å². The molecule has 0 saturated heterocycles. The molecule has 0 aliphatic heterocycles. The molecule has 21 heavy (non-hydrogen) atoms. The lowest BCUT2D eigenvalue weighted by molar-refractivity contribution is 0.0940. The van der Waals surface area contributed by atoms with Crippen molar-refractivity contribution < 1.29 is 4.79 Å². The van der Waals surface area contributed by atoms with Crippen LogP contribution in [0.2, 0.25) is 15.1 Å². The number of carbonyl (C=O) groups is 1. The Morgan fingerprint density at radius 3 is 2.33 bits per heavy atom. The Morgan fingerprint density at radius 2 is 1.76 bits per heavy atom. The van der Waals surface area contributed by atoms with Crippen molar-refractivity contribution in [3.8, 4) is 0 Å². The number of halogens is 3. The molecule has 0 fully saturated rings. The number of carbonyl (C=O) groups excluding carboxylic acids is 1. The normalized spacial score (nSPS) is 12.0. The minimum atomic E-state index is -0.275. The molecule has 1 unspecified atom stereocenters. The second-order valence-electron chi connectivity index (χ2n) is 4.61. The smallest absolute Gasteiger partial charge is 0.251 e. The van der Waals surface area contributed by atoms with Gasteiger partial charge >= 0.3 is 0 Å². The average molecular weight is 344 g/mol. The van der Waals surface area contributed by atoms with Crippen LogP contribution >= 0.6 is 34.8 Å². The van der Waals surface area contributed by atoms with E-state index >= 15 is 0 Å². The molecule has 0 aliphatic rings. The monoisotopic (exact) mass is 342 g/mol. The summed E-state index contributed by atoms with van der Waals surface area (Å²) in [6.45, 7) is 1.88. The van der Waals surface area contributed by atoms with Crippen LogP contribution in [0.1, 0.15) is 28.9 Å². The minimum Gasteiger partial charge on any atom is -0.397 e.